The molecular weight excluding hydrogens is 204 g/mol. The van der Waals surface area contributed by atoms with Gasteiger partial charge in [-0.05, 0) is 19.3 Å². The van der Waals surface area contributed by atoms with Crippen molar-refractivity contribution < 1.29 is 9.59 Å². The van der Waals surface area contributed by atoms with Crippen LogP contribution >= 0.6 is 0 Å². The summed E-state index contributed by atoms with van der Waals surface area (Å²) in [4.78, 5) is 25.1. The Morgan fingerprint density at radius 2 is 2.06 bits per heavy atom. The molecule has 1 aliphatic carbocycles. The largest absolute Gasteiger partial charge is 0.352 e. The molecule has 0 aromatic heterocycles. The van der Waals surface area contributed by atoms with Gasteiger partial charge in [0.1, 0.15) is 0 Å². The average molecular weight is 224 g/mol. The summed E-state index contributed by atoms with van der Waals surface area (Å²) < 4.78 is 0. The van der Waals surface area contributed by atoms with E-state index in [4.69, 9.17) is 0 Å². The lowest BCUT2D eigenvalue weighted by atomic mass is 9.84. The van der Waals surface area contributed by atoms with E-state index in [1.807, 2.05) is 11.8 Å². The molecule has 1 atom stereocenters. The van der Waals surface area contributed by atoms with Gasteiger partial charge >= 0.3 is 0 Å². The van der Waals surface area contributed by atoms with Gasteiger partial charge in [-0.2, -0.15) is 0 Å². The van der Waals surface area contributed by atoms with Gasteiger partial charge in [-0.1, -0.05) is 13.3 Å². The molecule has 1 aliphatic heterocycles. The summed E-state index contributed by atoms with van der Waals surface area (Å²) in [7, 11) is 0. The third-order valence-corrected chi connectivity index (χ3v) is 3.64. The van der Waals surface area contributed by atoms with Gasteiger partial charge in [0.05, 0.1) is 0 Å². The lowest BCUT2D eigenvalue weighted by Gasteiger charge is -2.29. The number of nitrogens with one attached hydrogen (secondary N) is 1. The number of likely N-dealkylation sites (tertiary alicyclic amines) is 1. The molecule has 0 aromatic rings. The van der Waals surface area contributed by atoms with Gasteiger partial charge in [-0.3, -0.25) is 9.59 Å². The molecule has 1 saturated carbocycles. The molecule has 2 fully saturated rings. The Kier molecular flexibility index (Phi) is 3.46. The van der Waals surface area contributed by atoms with E-state index in [0.29, 0.717) is 18.9 Å². The van der Waals surface area contributed by atoms with Crippen LogP contribution in [0.25, 0.3) is 0 Å². The van der Waals surface area contributed by atoms with Crippen LogP contribution in [0.2, 0.25) is 0 Å². The summed E-state index contributed by atoms with van der Waals surface area (Å²) in [5.74, 6) is 0.670. The highest BCUT2D eigenvalue weighted by Gasteiger charge is 2.33. The highest BCUT2D eigenvalue weighted by Crippen LogP contribution is 2.29. The molecule has 90 valence electrons. The highest BCUT2D eigenvalue weighted by atomic mass is 16.2. The Labute approximate surface area is 96.4 Å². The molecule has 0 radical (unpaired) electrons. The number of carbonyl (C=O) groups is 2. The second-order valence-corrected chi connectivity index (χ2v) is 4.82. The predicted octanol–water partition coefficient (Wildman–Crippen LogP) is 0.914. The zero-order valence-corrected chi connectivity index (χ0v) is 9.87. The Balaban J connectivity index is 1.78. The topological polar surface area (TPSA) is 49.4 Å². The maximum atomic E-state index is 11.9. The molecule has 2 aliphatic rings. The maximum Gasteiger partial charge on any atom is 0.225 e. The summed E-state index contributed by atoms with van der Waals surface area (Å²) in [6.07, 6.45) is 4.74. The smallest absolute Gasteiger partial charge is 0.225 e. The fourth-order valence-electron chi connectivity index (χ4n) is 2.32. The molecule has 4 nitrogen and oxygen atoms in total. The summed E-state index contributed by atoms with van der Waals surface area (Å²) in [5, 5.41) is 2.96. The van der Waals surface area contributed by atoms with Crippen molar-refractivity contribution in [2.24, 2.45) is 5.92 Å². The van der Waals surface area contributed by atoms with Crippen molar-refractivity contribution >= 4 is 11.8 Å². The first-order chi connectivity index (χ1) is 7.70. The van der Waals surface area contributed by atoms with E-state index in [2.05, 4.69) is 5.32 Å². The van der Waals surface area contributed by atoms with Crippen LogP contribution < -0.4 is 5.32 Å². The summed E-state index contributed by atoms with van der Waals surface area (Å²) in [6, 6.07) is 0.177. The van der Waals surface area contributed by atoms with Crippen molar-refractivity contribution in [1.29, 1.82) is 0 Å². The van der Waals surface area contributed by atoms with Gasteiger partial charge in [0.25, 0.3) is 0 Å². The molecule has 0 spiro atoms. The first-order valence-electron chi connectivity index (χ1n) is 6.29. The zero-order chi connectivity index (χ0) is 11.5. The maximum absolute atomic E-state index is 11.9. The number of amides is 2. The van der Waals surface area contributed by atoms with Crippen molar-refractivity contribution in [3.8, 4) is 0 Å². The molecule has 2 amide bonds. The first-order valence-corrected chi connectivity index (χ1v) is 6.29. The van der Waals surface area contributed by atoms with E-state index < -0.39 is 0 Å². The number of hydrogen-bond acceptors (Lipinski definition) is 2. The Morgan fingerprint density at radius 3 is 2.62 bits per heavy atom. The third-order valence-electron chi connectivity index (χ3n) is 3.64. The lowest BCUT2D eigenvalue weighted by molar-refractivity contribution is -0.137. The fraction of sp³-hybridized carbons (Fsp3) is 0.833. The van der Waals surface area contributed by atoms with Gasteiger partial charge in [-0.15, -0.1) is 0 Å². The van der Waals surface area contributed by atoms with Crippen LogP contribution in [0.5, 0.6) is 0 Å². The molecule has 1 saturated heterocycles. The van der Waals surface area contributed by atoms with Gasteiger partial charge in [-0.25, -0.2) is 0 Å². The first kappa shape index (κ1) is 11.4. The molecule has 4 heteroatoms. The fourth-order valence-corrected chi connectivity index (χ4v) is 2.32. The Hall–Kier alpha value is -1.06. The van der Waals surface area contributed by atoms with Gasteiger partial charge in [0, 0.05) is 31.5 Å². The molecule has 16 heavy (non-hydrogen) atoms. The van der Waals surface area contributed by atoms with E-state index in [9.17, 15) is 9.59 Å². The second kappa shape index (κ2) is 4.85. The third kappa shape index (κ3) is 2.36. The standard InChI is InChI=1S/C12H20N2O2/c1-2-11(15)13-10-6-7-14(8-10)12(16)9-4-3-5-9/h9-10H,2-8H2,1H3,(H,13,15). The van der Waals surface area contributed by atoms with Crippen molar-refractivity contribution in [1.82, 2.24) is 10.2 Å². The van der Waals surface area contributed by atoms with Crippen LogP contribution in [0.4, 0.5) is 0 Å². The number of rotatable bonds is 3. The van der Waals surface area contributed by atoms with E-state index in [1.54, 1.807) is 0 Å². The Morgan fingerprint density at radius 1 is 1.31 bits per heavy atom. The predicted molar refractivity (Wildman–Crippen MR) is 60.8 cm³/mol. The second-order valence-electron chi connectivity index (χ2n) is 4.82. The van der Waals surface area contributed by atoms with Gasteiger partial charge in [0.2, 0.25) is 11.8 Å². The molecule has 0 aromatic carbocycles. The van der Waals surface area contributed by atoms with E-state index >= 15 is 0 Å². The summed E-state index contributed by atoms with van der Waals surface area (Å²) in [5.41, 5.74) is 0. The van der Waals surface area contributed by atoms with E-state index in [-0.39, 0.29) is 17.9 Å². The molecule has 1 unspecified atom stereocenters. The normalized spacial score (nSPS) is 25.3. The Bertz CT molecular complexity index is 287. The van der Waals surface area contributed by atoms with Crippen LogP contribution in [0, 0.1) is 5.92 Å². The average Bonchev–Trinajstić information content (AvgIpc) is 2.63. The van der Waals surface area contributed by atoms with E-state index in [1.165, 1.54) is 6.42 Å². The molecule has 1 heterocycles. The van der Waals surface area contributed by atoms with Crippen LogP contribution in [0.1, 0.15) is 39.0 Å². The summed E-state index contributed by atoms with van der Waals surface area (Å²) in [6.45, 7) is 3.37. The number of nitrogens with zero attached hydrogens (tertiary/aromatic N) is 1. The monoisotopic (exact) mass is 224 g/mol. The van der Waals surface area contributed by atoms with Gasteiger partial charge in [0.15, 0.2) is 0 Å². The lowest BCUT2D eigenvalue weighted by Crippen LogP contribution is -2.41. The van der Waals surface area contributed by atoms with Crippen molar-refractivity contribution in [3.05, 3.63) is 0 Å². The highest BCUT2D eigenvalue weighted by molar-refractivity contribution is 5.80. The minimum absolute atomic E-state index is 0.0861. The van der Waals surface area contributed by atoms with Crippen molar-refractivity contribution in [3.63, 3.8) is 0 Å². The minimum atomic E-state index is 0.0861. The minimum Gasteiger partial charge on any atom is -0.352 e. The molecule has 2 rings (SSSR count). The van der Waals surface area contributed by atoms with Crippen LogP contribution in [0.15, 0.2) is 0 Å². The number of hydrogen-bond donors (Lipinski definition) is 1. The SMILES string of the molecule is CCC(=O)NC1CCN(C(=O)C2CCC2)C1. The molecule has 1 N–H and O–H groups in total. The summed E-state index contributed by atoms with van der Waals surface area (Å²) >= 11 is 0. The zero-order valence-electron chi connectivity index (χ0n) is 9.87. The van der Waals surface area contributed by atoms with E-state index in [0.717, 1.165) is 25.8 Å². The molecular formula is C12H20N2O2. The van der Waals surface area contributed by atoms with Crippen LogP contribution in [-0.4, -0.2) is 35.8 Å². The van der Waals surface area contributed by atoms with Crippen molar-refractivity contribution in [2.45, 2.75) is 45.1 Å². The molecule has 0 bridgehead atoms. The van der Waals surface area contributed by atoms with Crippen LogP contribution in [0.3, 0.4) is 0 Å². The number of carbonyl (C=O) groups excluding carboxylic acids is 2. The van der Waals surface area contributed by atoms with Crippen LogP contribution in [-0.2, 0) is 9.59 Å². The van der Waals surface area contributed by atoms with Crippen molar-refractivity contribution in [2.75, 3.05) is 13.1 Å². The quantitative estimate of drug-likeness (QED) is 0.774. The van der Waals surface area contributed by atoms with Gasteiger partial charge < -0.3 is 10.2 Å².